The fourth-order valence-electron chi connectivity index (χ4n) is 3.64. The number of rotatable bonds is 3. The van der Waals surface area contributed by atoms with Gasteiger partial charge >= 0.3 is 24.5 Å². The summed E-state index contributed by atoms with van der Waals surface area (Å²) in [6.07, 6.45) is -19.5. The highest BCUT2D eigenvalue weighted by molar-refractivity contribution is 5.80. The maximum absolute atomic E-state index is 13.7. The Morgan fingerprint density at radius 3 is 1.48 bits per heavy atom. The second-order valence-corrected chi connectivity index (χ2v) is 6.90. The van der Waals surface area contributed by atoms with Crippen LogP contribution in [-0.4, -0.2) is 24.5 Å². The number of halogens is 13. The standard InChI is InChI=1S/C16H9F13O2/c1-4-6(17)8(19)5(9(20)7(4)18)3-31-11(30)10-12(2,14(21,22)23)13(10,15(24,25)26)16(27,28)29/h10H,3H2,1-2H3. The number of hydrogen-bond donors (Lipinski definition) is 0. The van der Waals surface area contributed by atoms with Gasteiger partial charge in [0.05, 0.1) is 11.5 Å². The molecule has 0 heterocycles. The first-order valence-corrected chi connectivity index (χ1v) is 7.87. The normalized spacial score (nSPS) is 23.6. The molecule has 1 aliphatic rings. The summed E-state index contributed by atoms with van der Waals surface area (Å²) in [5.41, 5.74) is -13.3. The van der Waals surface area contributed by atoms with Crippen LogP contribution in [0.3, 0.4) is 0 Å². The molecule has 0 aromatic heterocycles. The third-order valence-corrected chi connectivity index (χ3v) is 5.40. The lowest BCUT2D eigenvalue weighted by Crippen LogP contribution is -2.47. The molecule has 176 valence electrons. The van der Waals surface area contributed by atoms with E-state index in [1.54, 1.807) is 0 Å². The summed E-state index contributed by atoms with van der Waals surface area (Å²) in [6.45, 7) is -1.90. The molecule has 1 aliphatic carbocycles. The summed E-state index contributed by atoms with van der Waals surface area (Å²) in [4.78, 5) is 11.9. The van der Waals surface area contributed by atoms with Crippen LogP contribution >= 0.6 is 0 Å². The highest BCUT2D eigenvalue weighted by atomic mass is 19.4. The smallest absolute Gasteiger partial charge is 0.404 e. The third-order valence-electron chi connectivity index (χ3n) is 5.40. The van der Waals surface area contributed by atoms with E-state index >= 15 is 0 Å². The van der Waals surface area contributed by atoms with E-state index < -0.39 is 89.2 Å². The molecule has 15 heteroatoms. The van der Waals surface area contributed by atoms with Crippen LogP contribution in [0, 0.1) is 46.9 Å². The summed E-state index contributed by atoms with van der Waals surface area (Å²) in [5.74, 6) is -15.1. The molecule has 0 amide bonds. The molecule has 0 aliphatic heterocycles. The maximum atomic E-state index is 13.7. The van der Waals surface area contributed by atoms with Gasteiger partial charge in [0.25, 0.3) is 0 Å². The van der Waals surface area contributed by atoms with E-state index in [0.717, 1.165) is 0 Å². The quantitative estimate of drug-likeness (QED) is 0.306. The maximum Gasteiger partial charge on any atom is 0.404 e. The molecular weight excluding hydrogens is 471 g/mol. The third kappa shape index (κ3) is 3.13. The van der Waals surface area contributed by atoms with Crippen molar-refractivity contribution in [1.29, 1.82) is 0 Å². The predicted molar refractivity (Wildman–Crippen MR) is 73.0 cm³/mol. The molecule has 1 aromatic rings. The van der Waals surface area contributed by atoms with Gasteiger partial charge < -0.3 is 4.74 Å². The average molecular weight is 480 g/mol. The highest BCUT2D eigenvalue weighted by Crippen LogP contribution is 2.85. The first-order chi connectivity index (χ1) is 13.7. The molecule has 0 bridgehead atoms. The van der Waals surface area contributed by atoms with E-state index in [1.165, 1.54) is 0 Å². The molecule has 2 nitrogen and oxygen atoms in total. The van der Waals surface area contributed by atoms with Gasteiger partial charge in [-0.05, 0) is 13.8 Å². The minimum Gasteiger partial charge on any atom is -0.460 e. The Morgan fingerprint density at radius 2 is 1.19 bits per heavy atom. The fourth-order valence-corrected chi connectivity index (χ4v) is 3.64. The van der Waals surface area contributed by atoms with Crippen molar-refractivity contribution in [2.24, 2.45) is 16.7 Å². The Hall–Kier alpha value is -2.22. The van der Waals surface area contributed by atoms with Gasteiger partial charge in [0, 0.05) is 5.56 Å². The minimum absolute atomic E-state index is 0.508. The number of benzene rings is 1. The number of esters is 1. The number of hydrogen-bond acceptors (Lipinski definition) is 2. The fraction of sp³-hybridized carbons (Fsp3) is 0.562. The summed E-state index contributed by atoms with van der Waals surface area (Å²) in [7, 11) is 0. The zero-order chi connectivity index (χ0) is 24.5. The Kier molecular flexibility index (Phi) is 5.56. The van der Waals surface area contributed by atoms with Crippen LogP contribution in [0.1, 0.15) is 18.1 Å². The summed E-state index contributed by atoms with van der Waals surface area (Å²) < 4.78 is 177. The number of alkyl halides is 9. The minimum atomic E-state index is -6.64. The van der Waals surface area contributed by atoms with Gasteiger partial charge in [-0.25, -0.2) is 17.6 Å². The van der Waals surface area contributed by atoms with Crippen LogP contribution in [0.5, 0.6) is 0 Å². The molecule has 1 saturated carbocycles. The number of carbonyl (C=O) groups is 1. The molecule has 31 heavy (non-hydrogen) atoms. The van der Waals surface area contributed by atoms with Crippen LogP contribution < -0.4 is 0 Å². The van der Waals surface area contributed by atoms with Crippen LogP contribution in [0.4, 0.5) is 57.1 Å². The SMILES string of the molecule is Cc1c(F)c(F)c(COC(=O)C2C(C)(C(F)(F)F)C2(C(F)(F)F)C(F)(F)F)c(F)c1F. The van der Waals surface area contributed by atoms with Gasteiger partial charge in [0.1, 0.15) is 12.0 Å². The zero-order valence-electron chi connectivity index (χ0n) is 15.0. The monoisotopic (exact) mass is 480 g/mol. The van der Waals surface area contributed by atoms with Crippen molar-refractivity contribution in [3.8, 4) is 0 Å². The Labute approximate surface area is 164 Å². The van der Waals surface area contributed by atoms with E-state index in [1.807, 2.05) is 0 Å². The second kappa shape index (κ2) is 6.89. The van der Waals surface area contributed by atoms with Gasteiger partial charge in [-0.1, -0.05) is 0 Å². The van der Waals surface area contributed by atoms with E-state index in [2.05, 4.69) is 4.74 Å². The second-order valence-electron chi connectivity index (χ2n) is 6.90. The molecule has 0 saturated heterocycles. The van der Waals surface area contributed by atoms with Crippen LogP contribution in [0.15, 0.2) is 0 Å². The number of ether oxygens (including phenoxy) is 1. The van der Waals surface area contributed by atoms with Gasteiger partial charge in [-0.3, -0.25) is 4.79 Å². The van der Waals surface area contributed by atoms with Crippen LogP contribution in [0.25, 0.3) is 0 Å². The largest absolute Gasteiger partial charge is 0.460 e. The van der Waals surface area contributed by atoms with Crippen molar-refractivity contribution < 1.29 is 66.6 Å². The van der Waals surface area contributed by atoms with Crippen molar-refractivity contribution in [1.82, 2.24) is 0 Å². The summed E-state index contributed by atoms with van der Waals surface area (Å²) >= 11 is 0. The lowest BCUT2D eigenvalue weighted by atomic mass is 9.92. The van der Waals surface area contributed by atoms with E-state index in [-0.39, 0.29) is 0 Å². The van der Waals surface area contributed by atoms with Gasteiger partial charge in [-0.2, -0.15) is 39.5 Å². The summed E-state index contributed by atoms with van der Waals surface area (Å²) in [6, 6.07) is 0. The summed E-state index contributed by atoms with van der Waals surface area (Å²) in [5, 5.41) is 0. The molecule has 0 radical (unpaired) electrons. The lowest BCUT2D eigenvalue weighted by Gasteiger charge is -2.28. The van der Waals surface area contributed by atoms with E-state index in [4.69, 9.17) is 0 Å². The molecule has 2 atom stereocenters. The number of carbonyl (C=O) groups excluding carboxylic acids is 1. The van der Waals surface area contributed by atoms with Crippen molar-refractivity contribution in [2.45, 2.75) is 39.0 Å². The molecule has 2 rings (SSSR count). The zero-order valence-corrected chi connectivity index (χ0v) is 15.0. The van der Waals surface area contributed by atoms with Crippen LogP contribution in [0.2, 0.25) is 0 Å². The lowest BCUT2D eigenvalue weighted by molar-refractivity contribution is -0.336. The van der Waals surface area contributed by atoms with E-state index in [0.29, 0.717) is 6.92 Å². The Bertz CT molecular complexity index is 869. The molecule has 1 fully saturated rings. The molecular formula is C16H9F13O2. The predicted octanol–water partition coefficient (Wildman–Crippen LogP) is 5.90. The molecule has 0 N–H and O–H groups in total. The van der Waals surface area contributed by atoms with Gasteiger partial charge in [-0.15, -0.1) is 0 Å². The first-order valence-electron chi connectivity index (χ1n) is 7.87. The molecule has 0 spiro atoms. The van der Waals surface area contributed by atoms with Crippen molar-refractivity contribution in [3.63, 3.8) is 0 Å². The van der Waals surface area contributed by atoms with Gasteiger partial charge in [0.2, 0.25) is 0 Å². The van der Waals surface area contributed by atoms with Crippen molar-refractivity contribution in [2.75, 3.05) is 0 Å². The Balaban J connectivity index is 2.50. The van der Waals surface area contributed by atoms with Crippen molar-refractivity contribution >= 4 is 5.97 Å². The van der Waals surface area contributed by atoms with Gasteiger partial charge in [0.15, 0.2) is 28.7 Å². The van der Waals surface area contributed by atoms with Crippen LogP contribution in [-0.2, 0) is 16.1 Å². The Morgan fingerprint density at radius 1 is 0.806 bits per heavy atom. The first kappa shape index (κ1) is 25.0. The molecule has 1 aromatic carbocycles. The average Bonchev–Trinajstić information content (AvgIpc) is 3.22. The molecule has 2 unspecified atom stereocenters. The van der Waals surface area contributed by atoms with Crippen molar-refractivity contribution in [3.05, 3.63) is 34.4 Å². The highest BCUT2D eigenvalue weighted by Gasteiger charge is 3.03. The van der Waals surface area contributed by atoms with E-state index in [9.17, 15) is 61.9 Å². The topological polar surface area (TPSA) is 26.3 Å².